The first-order chi connectivity index (χ1) is 13.7. The van der Waals surface area contributed by atoms with Crippen LogP contribution in [0.15, 0.2) is 0 Å². The van der Waals surface area contributed by atoms with Gasteiger partial charge in [-0.25, -0.2) is 0 Å². The molecule has 0 saturated carbocycles. The second-order valence-corrected chi connectivity index (χ2v) is 9.54. The van der Waals surface area contributed by atoms with Crippen molar-refractivity contribution < 1.29 is 9.96 Å². The third-order valence-electron chi connectivity index (χ3n) is 6.58. The van der Waals surface area contributed by atoms with Crippen LogP contribution in [0.1, 0.15) is 150 Å². The number of unbranched alkanes of at least 4 members (excludes halogenated alkanes) is 15. The maximum atomic E-state index is 2.37. The Morgan fingerprint density at radius 2 is 0.586 bits per heavy atom. The van der Waals surface area contributed by atoms with Crippen molar-refractivity contribution in [2.75, 3.05) is 26.2 Å². The van der Waals surface area contributed by atoms with E-state index >= 15 is 0 Å². The molecule has 29 heavy (non-hydrogen) atoms. The second kappa shape index (κ2) is 24.2. The first-order valence-electron chi connectivity index (χ1n) is 13.6. The molecule has 178 valence electrons. The van der Waals surface area contributed by atoms with E-state index in [-0.39, 0.29) is 5.48 Å². The van der Waals surface area contributed by atoms with Crippen molar-refractivity contribution in [3.05, 3.63) is 0 Å². The highest BCUT2D eigenvalue weighted by Gasteiger charge is 2.23. The van der Waals surface area contributed by atoms with Gasteiger partial charge >= 0.3 is 0 Å². The molecular weight excluding hydrogens is 354 g/mol. The molecule has 0 rings (SSSR count). The molecular formula is C27H59NO. The van der Waals surface area contributed by atoms with Crippen molar-refractivity contribution in [1.82, 2.24) is 0 Å². The van der Waals surface area contributed by atoms with Crippen LogP contribution in [0.2, 0.25) is 0 Å². The Bertz CT molecular complexity index is 275. The third kappa shape index (κ3) is 19.6. The average Bonchev–Trinajstić information content (AvgIpc) is 2.68. The lowest BCUT2D eigenvalue weighted by Crippen LogP contribution is -2.50. The van der Waals surface area contributed by atoms with E-state index in [0.29, 0.717) is 0 Å². The van der Waals surface area contributed by atoms with E-state index in [9.17, 15) is 0 Å². The molecule has 0 saturated heterocycles. The molecule has 0 aromatic rings. The van der Waals surface area contributed by atoms with Gasteiger partial charge in [0.2, 0.25) is 0 Å². The van der Waals surface area contributed by atoms with Gasteiger partial charge in [-0.05, 0) is 32.1 Å². The minimum atomic E-state index is 0. The van der Waals surface area contributed by atoms with E-state index < -0.39 is 0 Å². The van der Waals surface area contributed by atoms with Crippen LogP contribution in [-0.2, 0) is 0 Å². The Labute approximate surface area is 186 Å². The zero-order valence-corrected chi connectivity index (χ0v) is 21.2. The summed E-state index contributed by atoms with van der Waals surface area (Å²) >= 11 is 0. The topological polar surface area (TPSA) is 30.0 Å². The fourth-order valence-corrected chi connectivity index (χ4v) is 5.09. The van der Waals surface area contributed by atoms with Crippen LogP contribution in [0, 0.1) is 0 Å². The van der Waals surface area contributed by atoms with E-state index in [0.717, 1.165) is 0 Å². The molecule has 0 heterocycles. The van der Waals surface area contributed by atoms with Crippen LogP contribution in [0.4, 0.5) is 0 Å². The van der Waals surface area contributed by atoms with Crippen molar-refractivity contribution in [3.8, 4) is 0 Å². The molecule has 0 aromatic carbocycles. The SMILES string of the molecule is CCCCCCCCCCCCCCCCCC[N+](CCC)(CCC)CCC.[OH-]. The molecule has 0 aliphatic rings. The molecule has 0 fully saturated rings. The number of rotatable bonds is 23. The minimum Gasteiger partial charge on any atom is -0.870 e. The molecule has 1 N–H and O–H groups in total. The summed E-state index contributed by atoms with van der Waals surface area (Å²) in [6.45, 7) is 15.1. The molecule has 0 radical (unpaired) electrons. The molecule has 0 unspecified atom stereocenters. The normalized spacial score (nSPS) is 11.6. The van der Waals surface area contributed by atoms with Crippen molar-refractivity contribution >= 4 is 0 Å². The predicted molar refractivity (Wildman–Crippen MR) is 132 cm³/mol. The lowest BCUT2D eigenvalue weighted by Gasteiger charge is -2.38. The summed E-state index contributed by atoms with van der Waals surface area (Å²) in [5, 5.41) is 0. The average molecular weight is 414 g/mol. The molecule has 2 nitrogen and oxygen atoms in total. The van der Waals surface area contributed by atoms with Gasteiger partial charge in [-0.1, -0.05) is 118 Å². The summed E-state index contributed by atoms with van der Waals surface area (Å²) in [6, 6.07) is 0. The first-order valence-corrected chi connectivity index (χ1v) is 13.6. The molecule has 0 aromatic heterocycles. The Morgan fingerprint density at radius 1 is 0.310 bits per heavy atom. The smallest absolute Gasteiger partial charge is 0.0786 e. The summed E-state index contributed by atoms with van der Waals surface area (Å²) in [5.41, 5.74) is 0. The minimum absolute atomic E-state index is 0. The molecule has 0 bridgehead atoms. The van der Waals surface area contributed by atoms with Gasteiger partial charge in [0.15, 0.2) is 0 Å². The molecule has 0 spiro atoms. The first kappa shape index (κ1) is 31.1. The number of nitrogens with zero attached hydrogens (tertiary/aromatic N) is 1. The maximum absolute atomic E-state index is 2.37. The van der Waals surface area contributed by atoms with Crippen molar-refractivity contribution in [3.63, 3.8) is 0 Å². The van der Waals surface area contributed by atoms with Gasteiger partial charge in [-0.2, -0.15) is 0 Å². The fraction of sp³-hybridized carbons (Fsp3) is 1.00. The number of quaternary nitrogens is 1. The lowest BCUT2D eigenvalue weighted by molar-refractivity contribution is -0.928. The van der Waals surface area contributed by atoms with Crippen molar-refractivity contribution in [2.24, 2.45) is 0 Å². The van der Waals surface area contributed by atoms with Crippen LogP contribution >= 0.6 is 0 Å². The third-order valence-corrected chi connectivity index (χ3v) is 6.58. The van der Waals surface area contributed by atoms with E-state index in [1.807, 2.05) is 0 Å². The van der Waals surface area contributed by atoms with Gasteiger partial charge in [-0.15, -0.1) is 0 Å². The summed E-state index contributed by atoms with van der Waals surface area (Å²) < 4.78 is 1.40. The van der Waals surface area contributed by atoms with Crippen LogP contribution in [0.25, 0.3) is 0 Å². The summed E-state index contributed by atoms with van der Waals surface area (Å²) in [6.07, 6.45) is 27.5. The van der Waals surface area contributed by atoms with Crippen LogP contribution in [0.5, 0.6) is 0 Å². The summed E-state index contributed by atoms with van der Waals surface area (Å²) in [5.74, 6) is 0. The fourth-order valence-electron chi connectivity index (χ4n) is 5.09. The highest BCUT2D eigenvalue weighted by Crippen LogP contribution is 2.17. The molecule has 0 aliphatic carbocycles. The Kier molecular flexibility index (Phi) is 26.0. The zero-order chi connectivity index (χ0) is 20.8. The van der Waals surface area contributed by atoms with E-state index in [4.69, 9.17) is 0 Å². The van der Waals surface area contributed by atoms with Crippen LogP contribution in [0.3, 0.4) is 0 Å². The molecule has 0 amide bonds. The van der Waals surface area contributed by atoms with Crippen LogP contribution in [-0.4, -0.2) is 36.1 Å². The quantitative estimate of drug-likeness (QED) is 0.121. The Balaban J connectivity index is 0. The van der Waals surface area contributed by atoms with Gasteiger partial charge in [0.25, 0.3) is 0 Å². The van der Waals surface area contributed by atoms with E-state index in [1.54, 1.807) is 0 Å². The van der Waals surface area contributed by atoms with Crippen molar-refractivity contribution in [2.45, 2.75) is 150 Å². The Hall–Kier alpha value is -0.0800. The lowest BCUT2D eigenvalue weighted by atomic mass is 10.0. The second-order valence-electron chi connectivity index (χ2n) is 9.54. The molecule has 2 heteroatoms. The van der Waals surface area contributed by atoms with Crippen molar-refractivity contribution in [1.29, 1.82) is 0 Å². The number of hydrogen-bond donors (Lipinski definition) is 0. The highest BCUT2D eigenvalue weighted by atomic mass is 16.0. The molecule has 0 atom stereocenters. The number of hydrogen-bond acceptors (Lipinski definition) is 1. The van der Waals surface area contributed by atoms with Gasteiger partial charge in [0.05, 0.1) is 26.2 Å². The predicted octanol–water partition coefficient (Wildman–Crippen LogP) is 9.12. The maximum Gasteiger partial charge on any atom is 0.0786 e. The van der Waals surface area contributed by atoms with Crippen LogP contribution < -0.4 is 0 Å². The monoisotopic (exact) mass is 413 g/mol. The van der Waals surface area contributed by atoms with E-state index in [1.165, 1.54) is 153 Å². The van der Waals surface area contributed by atoms with Gasteiger partial charge < -0.3 is 9.96 Å². The summed E-state index contributed by atoms with van der Waals surface area (Å²) in [7, 11) is 0. The highest BCUT2D eigenvalue weighted by molar-refractivity contribution is 4.51. The largest absolute Gasteiger partial charge is 0.870 e. The standard InChI is InChI=1S/C27H58N.H2O/c1-5-9-10-11-12-13-14-15-16-17-18-19-20-21-22-23-27-28(24-6-2,25-7-3)26-8-4;/h5-27H2,1-4H3;1H2/q+1;/p-1. The van der Waals surface area contributed by atoms with Gasteiger partial charge in [0.1, 0.15) is 0 Å². The molecule has 0 aliphatic heterocycles. The Morgan fingerprint density at radius 3 is 0.862 bits per heavy atom. The van der Waals surface area contributed by atoms with Gasteiger partial charge in [-0.3, -0.25) is 0 Å². The van der Waals surface area contributed by atoms with E-state index in [2.05, 4.69) is 27.7 Å². The zero-order valence-electron chi connectivity index (χ0n) is 21.2. The summed E-state index contributed by atoms with van der Waals surface area (Å²) in [4.78, 5) is 0. The van der Waals surface area contributed by atoms with Gasteiger partial charge in [0, 0.05) is 0 Å².